The van der Waals surface area contributed by atoms with Gasteiger partial charge in [0.1, 0.15) is 6.04 Å². The number of rotatable bonds is 8. The van der Waals surface area contributed by atoms with Crippen LogP contribution in [0.3, 0.4) is 0 Å². The van der Waals surface area contributed by atoms with E-state index in [1.165, 1.54) is 24.6 Å². The third-order valence-electron chi connectivity index (χ3n) is 5.35. The van der Waals surface area contributed by atoms with Gasteiger partial charge in [0.25, 0.3) is 0 Å². The number of carboxylic acid groups (broad SMARTS) is 1. The summed E-state index contributed by atoms with van der Waals surface area (Å²) in [6.45, 7) is 2.40. The van der Waals surface area contributed by atoms with E-state index in [0.717, 1.165) is 24.5 Å². The number of nitrogens with zero attached hydrogens (tertiary/aromatic N) is 2. The van der Waals surface area contributed by atoms with Gasteiger partial charge in [0, 0.05) is 37.4 Å². The van der Waals surface area contributed by atoms with Crippen molar-refractivity contribution in [3.63, 3.8) is 0 Å². The first-order valence-corrected chi connectivity index (χ1v) is 11.1. The summed E-state index contributed by atoms with van der Waals surface area (Å²) in [5, 5.41) is 11.9. The molecule has 2 amide bonds. The van der Waals surface area contributed by atoms with Crippen molar-refractivity contribution in [2.45, 2.75) is 31.7 Å². The number of hydrogen-bond donors (Lipinski definition) is 2. The van der Waals surface area contributed by atoms with Gasteiger partial charge in [-0.2, -0.15) is 11.8 Å². The summed E-state index contributed by atoms with van der Waals surface area (Å²) in [5.41, 5.74) is 1.93. The zero-order chi connectivity index (χ0) is 20.1. The van der Waals surface area contributed by atoms with Gasteiger partial charge in [-0.05, 0) is 55.5 Å². The number of aliphatic carboxylic acids is 1. The Kier molecular flexibility index (Phi) is 6.83. The number of amides is 2. The molecule has 3 rings (SSSR count). The quantitative estimate of drug-likeness (QED) is 0.687. The van der Waals surface area contributed by atoms with Gasteiger partial charge in [-0.15, -0.1) is 0 Å². The van der Waals surface area contributed by atoms with Gasteiger partial charge < -0.3 is 20.2 Å². The Morgan fingerprint density at radius 1 is 1.21 bits per heavy atom. The number of nitrogens with one attached hydrogen (secondary N) is 1. The monoisotopic (exact) mass is 405 g/mol. The molecule has 0 aliphatic carbocycles. The lowest BCUT2D eigenvalue weighted by molar-refractivity contribution is -0.142. The maximum atomic E-state index is 12.5. The number of benzene rings is 1. The molecule has 0 bridgehead atoms. The van der Waals surface area contributed by atoms with Crippen LogP contribution in [0.25, 0.3) is 0 Å². The fourth-order valence-corrected chi connectivity index (χ4v) is 4.21. The Labute approximate surface area is 169 Å². The lowest BCUT2D eigenvalue weighted by atomic mass is 10.1. The van der Waals surface area contributed by atoms with E-state index in [-0.39, 0.29) is 24.8 Å². The second kappa shape index (κ2) is 9.32. The third-order valence-corrected chi connectivity index (χ3v) is 6.00. The average molecular weight is 406 g/mol. The van der Waals surface area contributed by atoms with Crippen LogP contribution in [-0.4, -0.2) is 60.6 Å². The van der Waals surface area contributed by atoms with E-state index in [0.29, 0.717) is 12.2 Å². The molecule has 0 radical (unpaired) electrons. The van der Waals surface area contributed by atoms with Crippen molar-refractivity contribution in [1.29, 1.82) is 0 Å². The molecule has 8 heteroatoms. The van der Waals surface area contributed by atoms with Gasteiger partial charge in [-0.25, -0.2) is 4.79 Å². The normalized spacial score (nSPS) is 20.5. The summed E-state index contributed by atoms with van der Waals surface area (Å²) in [5.74, 6) is -1.39. The van der Waals surface area contributed by atoms with Crippen LogP contribution in [0.15, 0.2) is 24.3 Å². The molecular formula is C20H27N3O4S. The first-order chi connectivity index (χ1) is 13.5. The highest BCUT2D eigenvalue weighted by Crippen LogP contribution is 2.28. The lowest BCUT2D eigenvalue weighted by Gasteiger charge is -2.21. The molecule has 2 aliphatic rings. The maximum Gasteiger partial charge on any atom is 0.326 e. The fraction of sp³-hybridized carbons (Fsp3) is 0.550. The molecule has 2 saturated heterocycles. The van der Waals surface area contributed by atoms with Crippen molar-refractivity contribution in [3.05, 3.63) is 24.3 Å². The number of thioether (sulfide) groups is 1. The topological polar surface area (TPSA) is 90.0 Å². The smallest absolute Gasteiger partial charge is 0.326 e. The Morgan fingerprint density at radius 3 is 2.46 bits per heavy atom. The third kappa shape index (κ3) is 4.79. The lowest BCUT2D eigenvalue weighted by Crippen LogP contribution is -2.44. The maximum absolute atomic E-state index is 12.5. The second-order valence-corrected chi connectivity index (χ2v) is 8.28. The van der Waals surface area contributed by atoms with Gasteiger partial charge in [0.15, 0.2) is 0 Å². The van der Waals surface area contributed by atoms with Crippen molar-refractivity contribution in [3.8, 4) is 0 Å². The van der Waals surface area contributed by atoms with Crippen LogP contribution in [0.1, 0.15) is 25.7 Å². The van der Waals surface area contributed by atoms with Gasteiger partial charge >= 0.3 is 5.97 Å². The molecule has 2 N–H and O–H groups in total. The minimum absolute atomic E-state index is 0.106. The van der Waals surface area contributed by atoms with Gasteiger partial charge in [-0.3, -0.25) is 9.59 Å². The number of carbonyl (C=O) groups is 3. The van der Waals surface area contributed by atoms with Crippen LogP contribution in [0.2, 0.25) is 0 Å². The molecule has 28 heavy (non-hydrogen) atoms. The van der Waals surface area contributed by atoms with E-state index in [1.54, 1.807) is 4.90 Å². The SMILES string of the molecule is CSCCC(NC(=O)C1CC(=O)N(c2ccc(N3CCCC3)cc2)C1)C(=O)O. The molecule has 2 heterocycles. The number of anilines is 2. The van der Waals surface area contributed by atoms with E-state index in [1.807, 2.05) is 30.5 Å². The summed E-state index contributed by atoms with van der Waals surface area (Å²) in [6.07, 6.45) is 4.78. The van der Waals surface area contributed by atoms with E-state index < -0.39 is 17.9 Å². The van der Waals surface area contributed by atoms with E-state index in [2.05, 4.69) is 10.2 Å². The van der Waals surface area contributed by atoms with Crippen LogP contribution < -0.4 is 15.1 Å². The number of carboxylic acids is 1. The zero-order valence-corrected chi connectivity index (χ0v) is 16.9. The van der Waals surface area contributed by atoms with E-state index in [4.69, 9.17) is 0 Å². The highest BCUT2D eigenvalue weighted by molar-refractivity contribution is 7.98. The first-order valence-electron chi connectivity index (χ1n) is 9.67. The molecular weight excluding hydrogens is 378 g/mol. The molecule has 0 aromatic heterocycles. The van der Waals surface area contributed by atoms with Crippen LogP contribution in [0, 0.1) is 5.92 Å². The van der Waals surface area contributed by atoms with Gasteiger partial charge in [-0.1, -0.05) is 0 Å². The van der Waals surface area contributed by atoms with Crippen molar-refractivity contribution >= 4 is 40.9 Å². The zero-order valence-electron chi connectivity index (χ0n) is 16.1. The summed E-state index contributed by atoms with van der Waals surface area (Å²) in [6, 6.07) is 6.97. The highest BCUT2D eigenvalue weighted by Gasteiger charge is 2.36. The molecule has 1 aromatic carbocycles. The highest BCUT2D eigenvalue weighted by atomic mass is 32.2. The van der Waals surface area contributed by atoms with E-state index >= 15 is 0 Å². The molecule has 2 fully saturated rings. The minimum atomic E-state index is -1.04. The van der Waals surface area contributed by atoms with Gasteiger partial charge in [0.05, 0.1) is 5.92 Å². The number of carbonyl (C=O) groups excluding carboxylic acids is 2. The molecule has 2 unspecified atom stereocenters. The van der Waals surface area contributed by atoms with Crippen molar-refractivity contribution in [2.24, 2.45) is 5.92 Å². The Hall–Kier alpha value is -2.22. The molecule has 1 aromatic rings. The molecule has 2 aliphatic heterocycles. The Balaban J connectivity index is 1.60. The first kappa shape index (κ1) is 20.5. The molecule has 7 nitrogen and oxygen atoms in total. The predicted molar refractivity (Wildman–Crippen MR) is 111 cm³/mol. The summed E-state index contributed by atoms with van der Waals surface area (Å²) < 4.78 is 0. The van der Waals surface area contributed by atoms with Gasteiger partial charge in [0.2, 0.25) is 11.8 Å². The molecule has 0 spiro atoms. The average Bonchev–Trinajstić information content (AvgIpc) is 3.35. The van der Waals surface area contributed by atoms with E-state index in [9.17, 15) is 19.5 Å². The standard InChI is InChI=1S/C20H27N3O4S/c1-28-11-8-17(20(26)27)21-19(25)14-12-18(24)23(13-14)16-6-4-15(5-7-16)22-9-2-3-10-22/h4-7,14,17H,2-3,8-13H2,1H3,(H,21,25)(H,26,27). The van der Waals surface area contributed by atoms with Crippen LogP contribution in [-0.2, 0) is 14.4 Å². The molecule has 152 valence electrons. The van der Waals surface area contributed by atoms with Crippen LogP contribution in [0.4, 0.5) is 11.4 Å². The predicted octanol–water partition coefficient (Wildman–Crippen LogP) is 1.96. The van der Waals surface area contributed by atoms with Crippen LogP contribution in [0.5, 0.6) is 0 Å². The van der Waals surface area contributed by atoms with Crippen molar-refractivity contribution in [2.75, 3.05) is 41.4 Å². The summed E-state index contributed by atoms with van der Waals surface area (Å²) >= 11 is 1.53. The molecule has 2 atom stereocenters. The van der Waals surface area contributed by atoms with Crippen molar-refractivity contribution in [1.82, 2.24) is 5.32 Å². The Bertz CT molecular complexity index is 719. The van der Waals surface area contributed by atoms with Crippen molar-refractivity contribution < 1.29 is 19.5 Å². The fourth-order valence-electron chi connectivity index (χ4n) is 3.73. The minimum Gasteiger partial charge on any atom is -0.480 e. The molecule has 0 saturated carbocycles. The summed E-state index contributed by atoms with van der Waals surface area (Å²) in [7, 11) is 0. The van der Waals surface area contributed by atoms with Crippen LogP contribution >= 0.6 is 11.8 Å². The Morgan fingerprint density at radius 2 is 1.86 bits per heavy atom. The summed E-state index contributed by atoms with van der Waals surface area (Å²) in [4.78, 5) is 40.2. The number of hydrogen-bond acceptors (Lipinski definition) is 5. The largest absolute Gasteiger partial charge is 0.480 e. The second-order valence-electron chi connectivity index (χ2n) is 7.30.